The molecule has 0 aliphatic carbocycles. The average molecular weight is 206 g/mol. The number of pyridine rings is 1. The van der Waals surface area contributed by atoms with Gasteiger partial charge in [0.05, 0.1) is 6.54 Å². The van der Waals surface area contributed by atoms with Gasteiger partial charge in [0, 0.05) is 23.8 Å². The van der Waals surface area contributed by atoms with Crippen molar-refractivity contribution in [3.8, 4) is 0 Å². The molecule has 3 nitrogen and oxygen atoms in total. The summed E-state index contributed by atoms with van der Waals surface area (Å²) in [5.41, 5.74) is 1.02. The lowest BCUT2D eigenvalue weighted by molar-refractivity contribution is 0.752. The Labute approximate surface area is 85.7 Å². The summed E-state index contributed by atoms with van der Waals surface area (Å²) >= 11 is 1.56. The maximum Gasteiger partial charge on any atom is 0.251 e. The smallest absolute Gasteiger partial charge is 0.251 e. The van der Waals surface area contributed by atoms with E-state index in [2.05, 4.69) is 4.98 Å². The van der Waals surface area contributed by atoms with Crippen molar-refractivity contribution in [1.29, 1.82) is 0 Å². The highest BCUT2D eigenvalue weighted by Gasteiger charge is 1.99. The normalized spacial score (nSPS) is 10.4. The van der Waals surface area contributed by atoms with Crippen LogP contribution in [0.1, 0.15) is 10.6 Å². The second-order valence-corrected chi connectivity index (χ2v) is 4.08. The topological polar surface area (TPSA) is 34.9 Å². The van der Waals surface area contributed by atoms with E-state index < -0.39 is 0 Å². The highest BCUT2D eigenvalue weighted by molar-refractivity contribution is 7.09. The summed E-state index contributed by atoms with van der Waals surface area (Å²) in [6.45, 7) is 2.48. The standard InChI is InChI=1S/C10H10N2OS/c1-8-2-4-12(10(13)6-8)7-9-11-3-5-14-9/h2-6H,7H2,1H3. The van der Waals surface area contributed by atoms with Crippen molar-refractivity contribution in [2.24, 2.45) is 0 Å². The molecule has 0 aliphatic heterocycles. The Balaban J connectivity index is 2.30. The van der Waals surface area contributed by atoms with Crippen LogP contribution in [0.25, 0.3) is 0 Å². The number of aromatic nitrogens is 2. The van der Waals surface area contributed by atoms with E-state index in [1.165, 1.54) is 0 Å². The number of aryl methyl sites for hydroxylation is 1. The van der Waals surface area contributed by atoms with Crippen molar-refractivity contribution in [3.63, 3.8) is 0 Å². The van der Waals surface area contributed by atoms with Crippen molar-refractivity contribution in [2.75, 3.05) is 0 Å². The highest BCUT2D eigenvalue weighted by Crippen LogP contribution is 2.05. The van der Waals surface area contributed by atoms with Gasteiger partial charge in [0.25, 0.3) is 5.56 Å². The van der Waals surface area contributed by atoms with Crippen LogP contribution in [0.2, 0.25) is 0 Å². The maximum atomic E-state index is 11.5. The highest BCUT2D eigenvalue weighted by atomic mass is 32.1. The molecule has 2 aromatic heterocycles. The van der Waals surface area contributed by atoms with Crippen molar-refractivity contribution < 1.29 is 0 Å². The molecule has 0 N–H and O–H groups in total. The van der Waals surface area contributed by atoms with Crippen molar-refractivity contribution in [3.05, 3.63) is 50.8 Å². The minimum Gasteiger partial charge on any atom is -0.309 e. The van der Waals surface area contributed by atoms with Gasteiger partial charge in [-0.15, -0.1) is 11.3 Å². The predicted molar refractivity (Wildman–Crippen MR) is 56.7 cm³/mol. The zero-order chi connectivity index (χ0) is 9.97. The fraction of sp³-hybridized carbons (Fsp3) is 0.200. The number of rotatable bonds is 2. The molecule has 0 bridgehead atoms. The van der Waals surface area contributed by atoms with E-state index in [0.717, 1.165) is 10.6 Å². The lowest BCUT2D eigenvalue weighted by Crippen LogP contribution is -2.19. The van der Waals surface area contributed by atoms with Gasteiger partial charge < -0.3 is 4.57 Å². The molecule has 72 valence electrons. The SMILES string of the molecule is Cc1ccn(Cc2nccs2)c(=O)c1. The Hall–Kier alpha value is -1.42. The molecule has 0 radical (unpaired) electrons. The van der Waals surface area contributed by atoms with Gasteiger partial charge in [-0.05, 0) is 18.6 Å². The van der Waals surface area contributed by atoms with E-state index in [1.54, 1.807) is 34.4 Å². The van der Waals surface area contributed by atoms with Crippen LogP contribution in [0.5, 0.6) is 0 Å². The first-order valence-corrected chi connectivity index (χ1v) is 5.19. The van der Waals surface area contributed by atoms with Crippen molar-refractivity contribution in [1.82, 2.24) is 9.55 Å². The van der Waals surface area contributed by atoms with Crippen LogP contribution in [-0.2, 0) is 6.54 Å². The molecule has 0 aromatic carbocycles. The molecular weight excluding hydrogens is 196 g/mol. The quantitative estimate of drug-likeness (QED) is 0.749. The van der Waals surface area contributed by atoms with E-state index in [4.69, 9.17) is 0 Å². The first kappa shape index (κ1) is 9.15. The van der Waals surface area contributed by atoms with E-state index in [-0.39, 0.29) is 5.56 Å². The Bertz CT molecular complexity index is 473. The Morgan fingerprint density at radius 1 is 1.57 bits per heavy atom. The fourth-order valence-corrected chi connectivity index (χ4v) is 1.83. The number of nitrogens with zero attached hydrogens (tertiary/aromatic N) is 2. The first-order valence-electron chi connectivity index (χ1n) is 4.31. The monoisotopic (exact) mass is 206 g/mol. The van der Waals surface area contributed by atoms with Crippen LogP contribution in [0.4, 0.5) is 0 Å². The molecule has 2 rings (SSSR count). The summed E-state index contributed by atoms with van der Waals surface area (Å²) in [7, 11) is 0. The van der Waals surface area contributed by atoms with E-state index in [9.17, 15) is 4.79 Å². The minimum atomic E-state index is 0.0280. The van der Waals surface area contributed by atoms with Gasteiger partial charge in [0.15, 0.2) is 0 Å². The zero-order valence-corrected chi connectivity index (χ0v) is 8.62. The molecule has 2 aromatic rings. The lowest BCUT2D eigenvalue weighted by Gasteiger charge is -2.02. The molecule has 4 heteroatoms. The molecular formula is C10H10N2OS. The third-order valence-electron chi connectivity index (χ3n) is 1.94. The molecule has 14 heavy (non-hydrogen) atoms. The van der Waals surface area contributed by atoms with E-state index in [0.29, 0.717) is 6.54 Å². The van der Waals surface area contributed by atoms with E-state index in [1.807, 2.05) is 18.4 Å². The number of hydrogen-bond acceptors (Lipinski definition) is 3. The van der Waals surface area contributed by atoms with Crippen LogP contribution in [0.15, 0.2) is 34.7 Å². The zero-order valence-electron chi connectivity index (χ0n) is 7.80. The van der Waals surface area contributed by atoms with Gasteiger partial charge >= 0.3 is 0 Å². The summed E-state index contributed by atoms with van der Waals surface area (Å²) in [6.07, 6.45) is 3.55. The molecule has 0 amide bonds. The summed E-state index contributed by atoms with van der Waals surface area (Å²) < 4.78 is 1.66. The summed E-state index contributed by atoms with van der Waals surface area (Å²) in [6, 6.07) is 3.56. The molecule has 0 fully saturated rings. The van der Waals surface area contributed by atoms with Crippen molar-refractivity contribution in [2.45, 2.75) is 13.5 Å². The van der Waals surface area contributed by atoms with Crippen molar-refractivity contribution >= 4 is 11.3 Å². The predicted octanol–water partition coefficient (Wildman–Crippen LogP) is 1.66. The molecule has 0 saturated heterocycles. The number of thiazole rings is 1. The van der Waals surface area contributed by atoms with E-state index >= 15 is 0 Å². The third kappa shape index (κ3) is 1.90. The molecule has 0 saturated carbocycles. The Morgan fingerprint density at radius 2 is 2.43 bits per heavy atom. The molecule has 0 spiro atoms. The van der Waals surface area contributed by atoms with Gasteiger partial charge in [-0.25, -0.2) is 4.98 Å². The van der Waals surface area contributed by atoms with Gasteiger partial charge in [0.2, 0.25) is 0 Å². The summed E-state index contributed by atoms with van der Waals surface area (Å²) in [5.74, 6) is 0. The third-order valence-corrected chi connectivity index (χ3v) is 2.71. The second kappa shape index (κ2) is 3.75. The van der Waals surface area contributed by atoms with Crippen LogP contribution < -0.4 is 5.56 Å². The second-order valence-electron chi connectivity index (χ2n) is 3.10. The Morgan fingerprint density at radius 3 is 3.07 bits per heavy atom. The molecule has 0 atom stereocenters. The van der Waals surface area contributed by atoms with Crippen LogP contribution >= 0.6 is 11.3 Å². The molecule has 0 unspecified atom stereocenters. The maximum absolute atomic E-state index is 11.5. The summed E-state index contributed by atoms with van der Waals surface area (Å²) in [4.78, 5) is 15.6. The van der Waals surface area contributed by atoms with Gasteiger partial charge in [-0.3, -0.25) is 4.79 Å². The molecule has 0 aliphatic rings. The van der Waals surface area contributed by atoms with Crippen LogP contribution in [0.3, 0.4) is 0 Å². The number of hydrogen-bond donors (Lipinski definition) is 0. The van der Waals surface area contributed by atoms with Gasteiger partial charge in [-0.1, -0.05) is 0 Å². The average Bonchev–Trinajstić information content (AvgIpc) is 2.62. The summed E-state index contributed by atoms with van der Waals surface area (Å²) in [5, 5.41) is 2.87. The Kier molecular flexibility index (Phi) is 2.45. The van der Waals surface area contributed by atoms with Crippen LogP contribution in [0, 0.1) is 6.92 Å². The van der Waals surface area contributed by atoms with Gasteiger partial charge in [0.1, 0.15) is 5.01 Å². The molecule has 2 heterocycles. The lowest BCUT2D eigenvalue weighted by atomic mass is 10.3. The van der Waals surface area contributed by atoms with Crippen LogP contribution in [-0.4, -0.2) is 9.55 Å². The largest absolute Gasteiger partial charge is 0.309 e. The minimum absolute atomic E-state index is 0.0280. The first-order chi connectivity index (χ1) is 6.75. The van der Waals surface area contributed by atoms with Gasteiger partial charge in [-0.2, -0.15) is 0 Å². The fourth-order valence-electron chi connectivity index (χ4n) is 1.21.